The molecule has 0 saturated carbocycles. The van der Waals surface area contributed by atoms with Gasteiger partial charge < -0.3 is 9.15 Å². The zero-order valence-electron chi connectivity index (χ0n) is 15.6. The summed E-state index contributed by atoms with van der Waals surface area (Å²) in [5.41, 5.74) is 3.30. The predicted octanol–water partition coefficient (Wildman–Crippen LogP) is 3.67. The zero-order valence-corrected chi connectivity index (χ0v) is 17.1. The number of hydrogen-bond acceptors (Lipinski definition) is 7. The highest BCUT2D eigenvalue weighted by Crippen LogP contribution is 2.29. The molecule has 0 saturated heterocycles. The summed E-state index contributed by atoms with van der Waals surface area (Å²) in [6.45, 7) is 4.48. The molecule has 2 aromatic heterocycles. The van der Waals surface area contributed by atoms with Gasteiger partial charge in [-0.1, -0.05) is 26.0 Å². The Hall–Kier alpha value is -3.12. The number of hydrazine groups is 1. The number of benzene rings is 1. The van der Waals surface area contributed by atoms with Gasteiger partial charge in [0, 0.05) is 18.1 Å². The minimum absolute atomic E-state index is 0.00896. The Kier molecular flexibility index (Phi) is 5.80. The van der Waals surface area contributed by atoms with E-state index in [9.17, 15) is 4.79 Å². The molecule has 0 unspecified atom stereocenters. The number of ether oxygens (including phenoxy) is 1. The van der Waals surface area contributed by atoms with E-state index >= 15 is 0 Å². The van der Waals surface area contributed by atoms with Gasteiger partial charge in [-0.15, -0.1) is 0 Å². The van der Waals surface area contributed by atoms with Crippen molar-refractivity contribution in [3.63, 3.8) is 0 Å². The molecule has 8 nitrogen and oxygen atoms in total. The van der Waals surface area contributed by atoms with Crippen molar-refractivity contribution < 1.29 is 13.9 Å². The van der Waals surface area contributed by atoms with E-state index in [1.807, 2.05) is 32.0 Å². The first-order chi connectivity index (χ1) is 13.4. The fourth-order valence-electron chi connectivity index (χ4n) is 2.64. The number of nitrogens with zero attached hydrogens (tertiary/aromatic N) is 4. The molecule has 9 heteroatoms. The van der Waals surface area contributed by atoms with E-state index < -0.39 is 5.91 Å². The van der Waals surface area contributed by atoms with Crippen LogP contribution in [-0.4, -0.2) is 29.5 Å². The van der Waals surface area contributed by atoms with Crippen molar-refractivity contribution in [2.45, 2.75) is 13.8 Å². The minimum Gasteiger partial charge on any atom is -0.493 e. The normalized spacial score (nSPS) is 10.7. The van der Waals surface area contributed by atoms with Crippen molar-refractivity contribution in [2.75, 3.05) is 18.7 Å². The quantitative estimate of drug-likeness (QED) is 0.579. The number of aromatic nitrogens is 2. The standard InChI is InChI=1S/C19H18BrN5O3/c1-11(2)10-25(18-13(20)9-22-16(8-21)23-18)24-19(26)15-7-12-5-4-6-14(27-3)17(12)28-15/h4-7,9,11H,10H2,1-3H3,(H,24,26). The molecule has 144 valence electrons. The van der Waals surface area contributed by atoms with E-state index in [1.54, 1.807) is 24.3 Å². The van der Waals surface area contributed by atoms with Crippen LogP contribution in [0.3, 0.4) is 0 Å². The lowest BCUT2D eigenvalue weighted by Crippen LogP contribution is -2.45. The van der Waals surface area contributed by atoms with E-state index in [-0.39, 0.29) is 17.5 Å². The molecule has 1 N–H and O–H groups in total. The summed E-state index contributed by atoms with van der Waals surface area (Å²) in [5.74, 6) is 0.857. The van der Waals surface area contributed by atoms with E-state index in [4.69, 9.17) is 14.4 Å². The maximum absolute atomic E-state index is 12.8. The Balaban J connectivity index is 1.93. The van der Waals surface area contributed by atoms with Crippen molar-refractivity contribution in [2.24, 2.45) is 5.92 Å². The first kappa shape index (κ1) is 19.6. The van der Waals surface area contributed by atoms with Gasteiger partial charge in [0.1, 0.15) is 6.07 Å². The van der Waals surface area contributed by atoms with Gasteiger partial charge in [0.05, 0.1) is 11.6 Å². The molecular weight excluding hydrogens is 426 g/mol. The van der Waals surface area contributed by atoms with Gasteiger partial charge in [0.2, 0.25) is 5.82 Å². The number of nitrogens with one attached hydrogen (secondary N) is 1. The maximum atomic E-state index is 12.8. The van der Waals surface area contributed by atoms with Crippen LogP contribution in [0, 0.1) is 17.2 Å². The third-order valence-electron chi connectivity index (χ3n) is 3.82. The largest absolute Gasteiger partial charge is 0.493 e. The van der Waals surface area contributed by atoms with Gasteiger partial charge in [-0.2, -0.15) is 10.2 Å². The molecule has 28 heavy (non-hydrogen) atoms. The number of methoxy groups -OCH3 is 1. The smallest absolute Gasteiger partial charge is 0.305 e. The predicted molar refractivity (Wildman–Crippen MR) is 107 cm³/mol. The Bertz CT molecular complexity index is 1060. The average molecular weight is 444 g/mol. The van der Waals surface area contributed by atoms with Gasteiger partial charge in [0.25, 0.3) is 0 Å². The highest BCUT2D eigenvalue weighted by Gasteiger charge is 2.21. The summed E-state index contributed by atoms with van der Waals surface area (Å²) in [7, 11) is 1.54. The molecule has 0 aliphatic heterocycles. The number of hydrogen-bond donors (Lipinski definition) is 1. The lowest BCUT2D eigenvalue weighted by molar-refractivity contribution is 0.0921. The molecule has 0 radical (unpaired) electrons. The molecular formula is C19H18BrN5O3. The highest BCUT2D eigenvalue weighted by molar-refractivity contribution is 9.10. The number of nitriles is 1. The Morgan fingerprint density at radius 3 is 2.93 bits per heavy atom. The maximum Gasteiger partial charge on any atom is 0.305 e. The monoisotopic (exact) mass is 443 g/mol. The van der Waals surface area contributed by atoms with Crippen molar-refractivity contribution >= 4 is 38.6 Å². The van der Waals surface area contributed by atoms with E-state index in [0.717, 1.165) is 5.39 Å². The first-order valence-corrected chi connectivity index (χ1v) is 9.30. The molecule has 0 spiro atoms. The fraction of sp³-hybridized carbons (Fsp3) is 0.263. The minimum atomic E-state index is -0.442. The summed E-state index contributed by atoms with van der Waals surface area (Å²) in [6, 6.07) is 8.98. The number of fused-ring (bicyclic) bond motifs is 1. The lowest BCUT2D eigenvalue weighted by Gasteiger charge is -2.26. The van der Waals surface area contributed by atoms with Crippen molar-refractivity contribution in [3.05, 3.63) is 46.5 Å². The average Bonchev–Trinajstić information content (AvgIpc) is 3.12. The van der Waals surface area contributed by atoms with Crippen LogP contribution in [0.25, 0.3) is 11.0 Å². The van der Waals surface area contributed by atoms with Crippen molar-refractivity contribution in [1.82, 2.24) is 15.4 Å². The molecule has 0 bridgehead atoms. The molecule has 1 amide bonds. The van der Waals surface area contributed by atoms with E-state index in [2.05, 4.69) is 31.3 Å². The number of rotatable bonds is 6. The van der Waals surface area contributed by atoms with Crippen molar-refractivity contribution in [1.29, 1.82) is 5.26 Å². The second-order valence-electron chi connectivity index (χ2n) is 6.41. The molecule has 0 aliphatic rings. The van der Waals surface area contributed by atoms with Gasteiger partial charge in [0.15, 0.2) is 22.9 Å². The molecule has 1 aromatic carbocycles. The van der Waals surface area contributed by atoms with Gasteiger partial charge in [-0.3, -0.25) is 15.2 Å². The van der Waals surface area contributed by atoms with E-state index in [1.165, 1.54) is 6.20 Å². The van der Waals surface area contributed by atoms with Crippen LogP contribution in [0.1, 0.15) is 30.2 Å². The molecule has 3 rings (SSSR count). The van der Waals surface area contributed by atoms with Crippen LogP contribution in [0.15, 0.2) is 39.4 Å². The summed E-state index contributed by atoms with van der Waals surface area (Å²) in [4.78, 5) is 20.9. The molecule has 3 aromatic rings. The summed E-state index contributed by atoms with van der Waals surface area (Å²) < 4.78 is 11.5. The zero-order chi connectivity index (χ0) is 20.3. The number of furan rings is 1. The van der Waals surface area contributed by atoms with E-state index in [0.29, 0.717) is 28.2 Å². The fourth-order valence-corrected chi connectivity index (χ4v) is 3.04. The molecule has 2 heterocycles. The Morgan fingerprint density at radius 1 is 1.46 bits per heavy atom. The number of anilines is 1. The van der Waals surface area contributed by atoms with Gasteiger partial charge >= 0.3 is 5.91 Å². The highest BCUT2D eigenvalue weighted by atomic mass is 79.9. The molecule has 0 aliphatic carbocycles. The summed E-state index contributed by atoms with van der Waals surface area (Å²) in [6.07, 6.45) is 1.48. The Morgan fingerprint density at radius 2 is 2.25 bits per heavy atom. The molecule has 0 atom stereocenters. The topological polar surface area (TPSA) is 104 Å². The Labute approximate surface area is 170 Å². The number of amides is 1. The number of carbonyl (C=O) groups is 1. The van der Waals surface area contributed by atoms with Gasteiger partial charge in [-0.25, -0.2) is 4.98 Å². The van der Waals surface area contributed by atoms with Crippen LogP contribution in [0.5, 0.6) is 5.75 Å². The third-order valence-corrected chi connectivity index (χ3v) is 4.38. The van der Waals surface area contributed by atoms with Gasteiger partial charge in [-0.05, 0) is 34.0 Å². The number of halogens is 1. The van der Waals surface area contributed by atoms with Crippen LogP contribution >= 0.6 is 15.9 Å². The second kappa shape index (κ2) is 8.27. The summed E-state index contributed by atoms with van der Waals surface area (Å²) >= 11 is 3.38. The third kappa shape index (κ3) is 4.07. The summed E-state index contributed by atoms with van der Waals surface area (Å²) in [5, 5.41) is 11.4. The number of para-hydroxylation sites is 1. The van der Waals surface area contributed by atoms with Crippen molar-refractivity contribution in [3.8, 4) is 11.8 Å². The van der Waals surface area contributed by atoms with Crippen LogP contribution in [0.4, 0.5) is 5.82 Å². The lowest BCUT2D eigenvalue weighted by atomic mass is 10.2. The SMILES string of the molecule is COc1cccc2cc(C(=O)NN(CC(C)C)c3nc(C#N)ncc3Br)oc12. The van der Waals surface area contributed by atoms with Crippen LogP contribution < -0.4 is 15.2 Å². The van der Waals surface area contributed by atoms with Crippen LogP contribution in [-0.2, 0) is 0 Å². The second-order valence-corrected chi connectivity index (χ2v) is 7.27. The van der Waals surface area contributed by atoms with Crippen LogP contribution in [0.2, 0.25) is 0 Å². The first-order valence-electron chi connectivity index (χ1n) is 8.50. The number of carbonyl (C=O) groups excluding carboxylic acids is 1. The molecule has 0 fully saturated rings.